The second-order valence-corrected chi connectivity index (χ2v) is 3.54. The van der Waals surface area contributed by atoms with Crippen LogP contribution >= 0.6 is 15.9 Å². The number of halogens is 1. The monoisotopic (exact) mass is 214 g/mol. The number of hydrogen-bond acceptors (Lipinski definition) is 1. The van der Waals surface area contributed by atoms with Crippen LogP contribution in [0, 0.1) is 13.8 Å². The number of aliphatic hydroxyl groups excluding tert-OH is 1. The van der Waals surface area contributed by atoms with Gasteiger partial charge in [-0.3, -0.25) is 0 Å². The first-order valence-corrected chi connectivity index (χ1v) is 4.31. The van der Waals surface area contributed by atoms with E-state index in [1.54, 1.807) is 0 Å². The Morgan fingerprint density at radius 1 is 1.36 bits per heavy atom. The van der Waals surface area contributed by atoms with Gasteiger partial charge in [0.25, 0.3) is 0 Å². The maximum atomic E-state index is 8.95. The highest BCUT2D eigenvalue weighted by atomic mass is 79.9. The standard InChI is InChI=1S/C9H11BrO/c1-6-3-8(5-11)7(2)9(10)4-6/h3-4,11H,5H2,1-2H3. The molecular formula is C9H11BrO. The molecule has 0 aliphatic rings. The van der Waals surface area contributed by atoms with Gasteiger partial charge in [-0.1, -0.05) is 22.0 Å². The number of aryl methyl sites for hydroxylation is 1. The summed E-state index contributed by atoms with van der Waals surface area (Å²) in [5, 5.41) is 8.95. The average Bonchev–Trinajstić information content (AvgIpc) is 1.96. The van der Waals surface area contributed by atoms with Crippen LogP contribution < -0.4 is 0 Å². The highest BCUT2D eigenvalue weighted by Crippen LogP contribution is 2.21. The van der Waals surface area contributed by atoms with Crippen molar-refractivity contribution in [1.29, 1.82) is 0 Å². The van der Waals surface area contributed by atoms with Gasteiger partial charge in [0.2, 0.25) is 0 Å². The summed E-state index contributed by atoms with van der Waals surface area (Å²) in [6, 6.07) is 4.05. The van der Waals surface area contributed by atoms with Gasteiger partial charge in [-0.2, -0.15) is 0 Å². The molecule has 0 aromatic heterocycles. The van der Waals surface area contributed by atoms with E-state index in [0.29, 0.717) is 0 Å². The molecule has 0 spiro atoms. The lowest BCUT2D eigenvalue weighted by Crippen LogP contribution is -1.90. The quantitative estimate of drug-likeness (QED) is 0.763. The first kappa shape index (κ1) is 8.75. The van der Waals surface area contributed by atoms with Crippen molar-refractivity contribution in [2.24, 2.45) is 0 Å². The normalized spacial score (nSPS) is 10.2. The third-order valence-corrected chi connectivity index (χ3v) is 2.59. The molecule has 1 rings (SSSR count). The fourth-order valence-electron chi connectivity index (χ4n) is 1.05. The Labute approximate surface area is 75.2 Å². The Bertz CT molecular complexity index is 269. The molecule has 0 aliphatic heterocycles. The Hall–Kier alpha value is -0.340. The summed E-state index contributed by atoms with van der Waals surface area (Å²) < 4.78 is 1.07. The zero-order chi connectivity index (χ0) is 8.43. The Morgan fingerprint density at radius 3 is 2.55 bits per heavy atom. The molecule has 0 amide bonds. The fourth-order valence-corrected chi connectivity index (χ4v) is 1.67. The van der Waals surface area contributed by atoms with E-state index >= 15 is 0 Å². The third kappa shape index (κ3) is 1.82. The summed E-state index contributed by atoms with van der Waals surface area (Å²) in [5.41, 5.74) is 3.29. The van der Waals surface area contributed by atoms with Gasteiger partial charge in [0.15, 0.2) is 0 Å². The van der Waals surface area contributed by atoms with Crippen LogP contribution in [0.15, 0.2) is 16.6 Å². The lowest BCUT2D eigenvalue weighted by molar-refractivity contribution is 0.281. The predicted octanol–water partition coefficient (Wildman–Crippen LogP) is 2.56. The van der Waals surface area contributed by atoms with Crippen molar-refractivity contribution < 1.29 is 5.11 Å². The Kier molecular flexibility index (Phi) is 2.68. The highest BCUT2D eigenvalue weighted by Gasteiger charge is 2.01. The van der Waals surface area contributed by atoms with E-state index in [9.17, 15) is 0 Å². The van der Waals surface area contributed by atoms with Crippen LogP contribution in [0.5, 0.6) is 0 Å². The van der Waals surface area contributed by atoms with Gasteiger partial charge in [-0.05, 0) is 36.6 Å². The third-order valence-electron chi connectivity index (χ3n) is 1.77. The maximum absolute atomic E-state index is 8.95. The first-order chi connectivity index (χ1) is 5.15. The molecule has 0 atom stereocenters. The van der Waals surface area contributed by atoms with Gasteiger partial charge in [0.05, 0.1) is 6.61 Å². The van der Waals surface area contributed by atoms with Crippen LogP contribution in [-0.4, -0.2) is 5.11 Å². The minimum absolute atomic E-state index is 0.117. The Morgan fingerprint density at radius 2 is 2.00 bits per heavy atom. The number of rotatable bonds is 1. The van der Waals surface area contributed by atoms with Gasteiger partial charge in [-0.25, -0.2) is 0 Å². The van der Waals surface area contributed by atoms with Crippen LogP contribution in [0.3, 0.4) is 0 Å². The van der Waals surface area contributed by atoms with Crippen molar-refractivity contribution in [3.63, 3.8) is 0 Å². The van der Waals surface area contributed by atoms with Crippen LogP contribution in [0.4, 0.5) is 0 Å². The molecule has 0 radical (unpaired) electrons. The second kappa shape index (κ2) is 3.37. The molecule has 0 saturated carbocycles. The van der Waals surface area contributed by atoms with Crippen molar-refractivity contribution in [3.05, 3.63) is 33.3 Å². The molecule has 0 fully saturated rings. The number of benzene rings is 1. The summed E-state index contributed by atoms with van der Waals surface area (Å²) in [6.07, 6.45) is 0. The lowest BCUT2D eigenvalue weighted by Gasteiger charge is -2.05. The lowest BCUT2D eigenvalue weighted by atomic mass is 10.1. The van der Waals surface area contributed by atoms with Crippen LogP contribution in [0.25, 0.3) is 0 Å². The van der Waals surface area contributed by atoms with Gasteiger partial charge in [-0.15, -0.1) is 0 Å². The van der Waals surface area contributed by atoms with Gasteiger partial charge >= 0.3 is 0 Å². The molecule has 0 bridgehead atoms. The van der Waals surface area contributed by atoms with E-state index in [0.717, 1.165) is 15.6 Å². The number of aliphatic hydroxyl groups is 1. The molecule has 1 N–H and O–H groups in total. The van der Waals surface area contributed by atoms with Crippen LogP contribution in [-0.2, 0) is 6.61 Å². The topological polar surface area (TPSA) is 20.2 Å². The molecule has 60 valence electrons. The van der Waals surface area contributed by atoms with Crippen molar-refractivity contribution in [1.82, 2.24) is 0 Å². The first-order valence-electron chi connectivity index (χ1n) is 3.51. The largest absolute Gasteiger partial charge is 0.392 e. The zero-order valence-electron chi connectivity index (χ0n) is 6.69. The molecule has 0 heterocycles. The second-order valence-electron chi connectivity index (χ2n) is 2.69. The molecule has 0 unspecified atom stereocenters. The van der Waals surface area contributed by atoms with Crippen LogP contribution in [0.1, 0.15) is 16.7 Å². The maximum Gasteiger partial charge on any atom is 0.0684 e. The van der Waals surface area contributed by atoms with E-state index < -0.39 is 0 Å². The van der Waals surface area contributed by atoms with Gasteiger partial charge in [0, 0.05) is 4.47 Å². The highest BCUT2D eigenvalue weighted by molar-refractivity contribution is 9.10. The zero-order valence-corrected chi connectivity index (χ0v) is 8.27. The number of hydrogen-bond donors (Lipinski definition) is 1. The SMILES string of the molecule is Cc1cc(Br)c(C)c(CO)c1. The average molecular weight is 215 g/mol. The Balaban J connectivity index is 3.24. The summed E-state index contributed by atoms with van der Waals surface area (Å²) in [4.78, 5) is 0. The van der Waals surface area contributed by atoms with E-state index in [4.69, 9.17) is 5.11 Å². The molecule has 1 nitrogen and oxygen atoms in total. The molecule has 2 heteroatoms. The summed E-state index contributed by atoms with van der Waals surface area (Å²) in [6.45, 7) is 4.13. The van der Waals surface area contributed by atoms with Crippen LogP contribution in [0.2, 0.25) is 0 Å². The fraction of sp³-hybridized carbons (Fsp3) is 0.333. The molecule has 0 saturated heterocycles. The molecule has 11 heavy (non-hydrogen) atoms. The summed E-state index contributed by atoms with van der Waals surface area (Å²) in [7, 11) is 0. The molecular weight excluding hydrogens is 204 g/mol. The molecule has 1 aromatic rings. The summed E-state index contributed by atoms with van der Waals surface area (Å²) >= 11 is 3.43. The van der Waals surface area contributed by atoms with Gasteiger partial charge in [0.1, 0.15) is 0 Å². The molecule has 0 aliphatic carbocycles. The van der Waals surface area contributed by atoms with E-state index in [-0.39, 0.29) is 6.61 Å². The predicted molar refractivity (Wildman–Crippen MR) is 49.5 cm³/mol. The van der Waals surface area contributed by atoms with Crippen molar-refractivity contribution >= 4 is 15.9 Å². The summed E-state index contributed by atoms with van der Waals surface area (Å²) in [5.74, 6) is 0. The van der Waals surface area contributed by atoms with Gasteiger partial charge < -0.3 is 5.11 Å². The smallest absolute Gasteiger partial charge is 0.0684 e. The minimum Gasteiger partial charge on any atom is -0.392 e. The molecule has 1 aromatic carbocycles. The van der Waals surface area contributed by atoms with E-state index in [1.165, 1.54) is 5.56 Å². The van der Waals surface area contributed by atoms with Crippen molar-refractivity contribution in [2.75, 3.05) is 0 Å². The van der Waals surface area contributed by atoms with E-state index in [1.807, 2.05) is 19.9 Å². The van der Waals surface area contributed by atoms with Crippen molar-refractivity contribution in [3.8, 4) is 0 Å². The minimum atomic E-state index is 0.117. The van der Waals surface area contributed by atoms with Crippen molar-refractivity contribution in [2.45, 2.75) is 20.5 Å². The van der Waals surface area contributed by atoms with E-state index in [2.05, 4.69) is 22.0 Å².